The number of amides is 1. The highest BCUT2D eigenvalue weighted by Crippen LogP contribution is 2.23. The van der Waals surface area contributed by atoms with Gasteiger partial charge in [-0.3, -0.25) is 14.9 Å². The largest absolute Gasteiger partial charge is 0.467 e. The number of nitrogens with one attached hydrogen (secondary N) is 1. The molecule has 6 nitrogen and oxygen atoms in total. The first-order valence-corrected chi connectivity index (χ1v) is 7.29. The maximum atomic E-state index is 12.5. The Hall–Kier alpha value is -3.41. The third-order valence-electron chi connectivity index (χ3n) is 3.56. The molecular formula is C18H14N2O4. The molecule has 1 atom stereocenters. The van der Waals surface area contributed by atoms with Gasteiger partial charge in [0.2, 0.25) is 0 Å². The maximum Gasteiger partial charge on any atom is 0.270 e. The summed E-state index contributed by atoms with van der Waals surface area (Å²) >= 11 is 0. The lowest BCUT2D eigenvalue weighted by molar-refractivity contribution is -0.384. The van der Waals surface area contributed by atoms with Gasteiger partial charge in [0.25, 0.3) is 11.6 Å². The van der Waals surface area contributed by atoms with Crippen LogP contribution in [0.25, 0.3) is 0 Å². The van der Waals surface area contributed by atoms with Gasteiger partial charge in [-0.05, 0) is 23.8 Å². The molecule has 1 N–H and O–H groups in total. The summed E-state index contributed by atoms with van der Waals surface area (Å²) in [6.07, 6.45) is 1.53. The van der Waals surface area contributed by atoms with E-state index in [1.54, 1.807) is 12.1 Å². The van der Waals surface area contributed by atoms with Gasteiger partial charge in [0, 0.05) is 17.7 Å². The summed E-state index contributed by atoms with van der Waals surface area (Å²) < 4.78 is 5.43. The molecule has 0 aliphatic heterocycles. The van der Waals surface area contributed by atoms with Crippen LogP contribution < -0.4 is 5.32 Å². The SMILES string of the molecule is O=C(NC(c1ccccc1)c1ccco1)c1cccc([N+](=O)[O-])c1. The van der Waals surface area contributed by atoms with Crippen LogP contribution in [0.2, 0.25) is 0 Å². The summed E-state index contributed by atoms with van der Waals surface area (Å²) in [6, 6.07) is 18.0. The van der Waals surface area contributed by atoms with E-state index < -0.39 is 16.9 Å². The first-order chi connectivity index (χ1) is 11.6. The van der Waals surface area contributed by atoms with Crippen LogP contribution in [0, 0.1) is 10.1 Å². The third-order valence-corrected chi connectivity index (χ3v) is 3.56. The van der Waals surface area contributed by atoms with Crippen LogP contribution in [0.15, 0.2) is 77.4 Å². The highest BCUT2D eigenvalue weighted by atomic mass is 16.6. The fourth-order valence-corrected chi connectivity index (χ4v) is 2.39. The van der Waals surface area contributed by atoms with Crippen LogP contribution in [0.3, 0.4) is 0 Å². The molecule has 0 aliphatic rings. The molecule has 2 aromatic carbocycles. The van der Waals surface area contributed by atoms with Gasteiger partial charge in [-0.15, -0.1) is 0 Å². The zero-order valence-electron chi connectivity index (χ0n) is 12.6. The molecule has 1 aromatic heterocycles. The Kier molecular flexibility index (Phi) is 4.38. The van der Waals surface area contributed by atoms with E-state index in [1.165, 1.54) is 30.5 Å². The number of nitro benzene ring substituents is 1. The lowest BCUT2D eigenvalue weighted by Gasteiger charge is -2.17. The Morgan fingerprint density at radius 3 is 2.50 bits per heavy atom. The molecule has 0 saturated carbocycles. The van der Waals surface area contributed by atoms with Crippen molar-refractivity contribution in [2.75, 3.05) is 0 Å². The van der Waals surface area contributed by atoms with Gasteiger partial charge in [0.1, 0.15) is 11.8 Å². The second-order valence-corrected chi connectivity index (χ2v) is 5.14. The molecule has 3 aromatic rings. The van der Waals surface area contributed by atoms with E-state index in [-0.39, 0.29) is 11.3 Å². The predicted octanol–water partition coefficient (Wildman–Crippen LogP) is 3.71. The van der Waals surface area contributed by atoms with Crippen LogP contribution >= 0.6 is 0 Å². The van der Waals surface area contributed by atoms with E-state index in [4.69, 9.17) is 4.42 Å². The topological polar surface area (TPSA) is 85.4 Å². The van der Waals surface area contributed by atoms with Gasteiger partial charge in [-0.25, -0.2) is 0 Å². The van der Waals surface area contributed by atoms with Gasteiger partial charge in [-0.2, -0.15) is 0 Å². The second-order valence-electron chi connectivity index (χ2n) is 5.14. The lowest BCUT2D eigenvalue weighted by Crippen LogP contribution is -2.29. The molecule has 0 saturated heterocycles. The van der Waals surface area contributed by atoms with Crippen LogP contribution in [-0.2, 0) is 0 Å². The fourth-order valence-electron chi connectivity index (χ4n) is 2.39. The van der Waals surface area contributed by atoms with Crippen molar-refractivity contribution in [3.63, 3.8) is 0 Å². The van der Waals surface area contributed by atoms with Gasteiger partial charge < -0.3 is 9.73 Å². The van der Waals surface area contributed by atoms with Gasteiger partial charge in [0.15, 0.2) is 0 Å². The molecule has 0 fully saturated rings. The molecule has 3 rings (SSSR count). The number of furan rings is 1. The number of nitro groups is 1. The molecule has 1 amide bonds. The quantitative estimate of drug-likeness (QED) is 0.573. The molecule has 120 valence electrons. The summed E-state index contributed by atoms with van der Waals surface area (Å²) in [5, 5.41) is 13.7. The van der Waals surface area contributed by atoms with Crippen molar-refractivity contribution in [1.82, 2.24) is 5.32 Å². The van der Waals surface area contributed by atoms with E-state index >= 15 is 0 Å². The smallest absolute Gasteiger partial charge is 0.270 e. The van der Waals surface area contributed by atoms with E-state index in [1.807, 2.05) is 30.3 Å². The number of rotatable bonds is 5. The number of benzene rings is 2. The zero-order valence-corrected chi connectivity index (χ0v) is 12.6. The van der Waals surface area contributed by atoms with Crippen LogP contribution in [0.4, 0.5) is 5.69 Å². The minimum atomic E-state index is -0.530. The normalized spacial score (nSPS) is 11.7. The average Bonchev–Trinajstić information content (AvgIpc) is 3.14. The number of carbonyl (C=O) groups is 1. The van der Waals surface area contributed by atoms with E-state index in [2.05, 4.69) is 5.32 Å². The molecule has 0 bridgehead atoms. The first kappa shape index (κ1) is 15.5. The van der Waals surface area contributed by atoms with E-state index in [9.17, 15) is 14.9 Å². The second kappa shape index (κ2) is 6.78. The molecule has 6 heteroatoms. The molecule has 0 radical (unpaired) electrons. The lowest BCUT2D eigenvalue weighted by atomic mass is 10.0. The maximum absolute atomic E-state index is 12.5. The summed E-state index contributed by atoms with van der Waals surface area (Å²) in [5.41, 5.74) is 0.944. The van der Waals surface area contributed by atoms with Crippen LogP contribution in [0.1, 0.15) is 27.7 Å². The van der Waals surface area contributed by atoms with Gasteiger partial charge >= 0.3 is 0 Å². The number of hydrogen-bond donors (Lipinski definition) is 1. The number of non-ortho nitro benzene ring substituents is 1. The molecular weight excluding hydrogens is 308 g/mol. The number of nitrogens with zero attached hydrogens (tertiary/aromatic N) is 1. The van der Waals surface area contributed by atoms with E-state index in [0.29, 0.717) is 5.76 Å². The summed E-state index contributed by atoms with van der Waals surface area (Å²) in [5.74, 6) is 0.170. The molecule has 24 heavy (non-hydrogen) atoms. The monoisotopic (exact) mass is 322 g/mol. The van der Waals surface area contributed by atoms with Crippen molar-refractivity contribution in [3.8, 4) is 0 Å². The Balaban J connectivity index is 1.89. The van der Waals surface area contributed by atoms with Crippen molar-refractivity contribution in [1.29, 1.82) is 0 Å². The Labute approximate surface area is 137 Å². The highest BCUT2D eigenvalue weighted by molar-refractivity contribution is 5.95. The number of carbonyl (C=O) groups excluding carboxylic acids is 1. The molecule has 0 spiro atoms. The fraction of sp³-hybridized carbons (Fsp3) is 0.0556. The van der Waals surface area contributed by atoms with E-state index in [0.717, 1.165) is 5.56 Å². The van der Waals surface area contributed by atoms with Crippen molar-refractivity contribution in [2.45, 2.75) is 6.04 Å². The molecule has 1 heterocycles. The minimum absolute atomic E-state index is 0.128. The van der Waals surface area contributed by atoms with Crippen molar-refractivity contribution in [3.05, 3.63) is 100.0 Å². The summed E-state index contributed by atoms with van der Waals surface area (Å²) in [7, 11) is 0. The van der Waals surface area contributed by atoms with Gasteiger partial charge in [-0.1, -0.05) is 36.4 Å². The molecule has 0 aliphatic carbocycles. The van der Waals surface area contributed by atoms with Crippen LogP contribution in [0.5, 0.6) is 0 Å². The Bertz CT molecular complexity index is 844. The number of hydrogen-bond acceptors (Lipinski definition) is 4. The standard InChI is InChI=1S/C18H14N2O4/c21-18(14-8-4-9-15(12-14)20(22)23)19-17(16-10-5-11-24-16)13-6-2-1-3-7-13/h1-12,17H,(H,19,21). The van der Waals surface area contributed by atoms with Crippen molar-refractivity contribution < 1.29 is 14.1 Å². The average molecular weight is 322 g/mol. The van der Waals surface area contributed by atoms with Crippen LogP contribution in [-0.4, -0.2) is 10.8 Å². The zero-order chi connectivity index (χ0) is 16.9. The predicted molar refractivity (Wildman–Crippen MR) is 87.6 cm³/mol. The first-order valence-electron chi connectivity index (χ1n) is 7.29. The van der Waals surface area contributed by atoms with Gasteiger partial charge in [0.05, 0.1) is 11.2 Å². The molecule has 1 unspecified atom stereocenters. The Morgan fingerprint density at radius 1 is 1.04 bits per heavy atom. The third kappa shape index (κ3) is 3.33. The van der Waals surface area contributed by atoms with Crippen molar-refractivity contribution >= 4 is 11.6 Å². The minimum Gasteiger partial charge on any atom is -0.467 e. The summed E-state index contributed by atoms with van der Waals surface area (Å²) in [6.45, 7) is 0. The summed E-state index contributed by atoms with van der Waals surface area (Å²) in [4.78, 5) is 22.9. The Morgan fingerprint density at radius 2 is 1.83 bits per heavy atom. The van der Waals surface area contributed by atoms with Crippen molar-refractivity contribution in [2.24, 2.45) is 0 Å². The highest BCUT2D eigenvalue weighted by Gasteiger charge is 2.21.